The molecule has 7 nitrogen and oxygen atoms in total. The number of hydrogen-bond acceptors (Lipinski definition) is 6. The average Bonchev–Trinajstić information content (AvgIpc) is 3.31. The molecule has 142 valence electrons. The number of aliphatic carboxylic acids is 1. The average molecular weight is 369 g/mol. The minimum absolute atomic E-state index is 0.247. The van der Waals surface area contributed by atoms with E-state index in [4.69, 9.17) is 24.2 Å². The number of nitrogens with zero attached hydrogens (tertiary/aromatic N) is 3. The second-order valence-corrected chi connectivity index (χ2v) is 6.84. The van der Waals surface area contributed by atoms with E-state index in [0.29, 0.717) is 6.61 Å². The van der Waals surface area contributed by atoms with Crippen molar-refractivity contribution in [3.05, 3.63) is 30.1 Å². The third-order valence-electron chi connectivity index (χ3n) is 4.82. The zero-order chi connectivity index (χ0) is 18.6. The van der Waals surface area contributed by atoms with Crippen LogP contribution >= 0.6 is 0 Å². The smallest absolute Gasteiger partial charge is 0.329 e. The summed E-state index contributed by atoms with van der Waals surface area (Å²) in [6.07, 6.45) is 4.69. The number of fused-ring (bicyclic) bond motifs is 3. The molecule has 0 atom stereocenters. The van der Waals surface area contributed by atoms with Gasteiger partial charge in [-0.3, -0.25) is 0 Å². The van der Waals surface area contributed by atoms with Gasteiger partial charge in [0.05, 0.1) is 0 Å². The van der Waals surface area contributed by atoms with Crippen molar-refractivity contribution in [2.45, 2.75) is 32.1 Å². The number of ether oxygens (including phenoxy) is 1. The Balaban J connectivity index is 1.57. The van der Waals surface area contributed by atoms with Gasteiger partial charge in [0.25, 0.3) is 0 Å². The number of para-hydroxylation sites is 1. The van der Waals surface area contributed by atoms with Gasteiger partial charge < -0.3 is 19.2 Å². The molecule has 2 aromatic heterocycles. The van der Waals surface area contributed by atoms with E-state index in [2.05, 4.69) is 4.90 Å². The first-order valence-corrected chi connectivity index (χ1v) is 9.45. The van der Waals surface area contributed by atoms with Crippen molar-refractivity contribution in [3.63, 3.8) is 0 Å². The summed E-state index contributed by atoms with van der Waals surface area (Å²) in [5.74, 6) is 0.755. The number of carbonyl (C=O) groups is 1. The number of benzene rings is 1. The number of anilines is 1. The number of aromatic nitrogens is 2. The Morgan fingerprint density at radius 3 is 2.81 bits per heavy atom. The molecule has 1 fully saturated rings. The van der Waals surface area contributed by atoms with E-state index in [0.717, 1.165) is 66.1 Å². The van der Waals surface area contributed by atoms with Gasteiger partial charge >= 0.3 is 5.97 Å². The molecule has 0 bridgehead atoms. The van der Waals surface area contributed by atoms with Crippen LogP contribution in [0.3, 0.4) is 0 Å². The molecular weight excluding hydrogens is 346 g/mol. The van der Waals surface area contributed by atoms with E-state index in [1.807, 2.05) is 24.3 Å². The fourth-order valence-electron chi connectivity index (χ4n) is 3.52. The van der Waals surface area contributed by atoms with Gasteiger partial charge in [-0.05, 0) is 37.8 Å². The van der Waals surface area contributed by atoms with Gasteiger partial charge in [0.1, 0.15) is 23.5 Å². The first-order valence-electron chi connectivity index (χ1n) is 9.45. The van der Waals surface area contributed by atoms with Crippen molar-refractivity contribution in [3.8, 4) is 0 Å². The Hall–Kier alpha value is -2.67. The lowest BCUT2D eigenvalue weighted by Gasteiger charge is -2.17. The SMILES string of the molecule is O=C(O)COCCCCc1nc(N2CCCC2)c2oc3ccccc3c2n1. The number of hydrogen-bond donors (Lipinski definition) is 1. The van der Waals surface area contributed by atoms with Gasteiger partial charge in [0, 0.05) is 31.5 Å². The molecular formula is C20H23N3O4. The number of carboxylic acid groups (broad SMARTS) is 1. The molecule has 4 rings (SSSR count). The molecule has 0 unspecified atom stereocenters. The highest BCUT2D eigenvalue weighted by Gasteiger charge is 2.22. The highest BCUT2D eigenvalue weighted by molar-refractivity contribution is 6.05. The van der Waals surface area contributed by atoms with Crippen molar-refractivity contribution < 1.29 is 19.1 Å². The summed E-state index contributed by atoms with van der Waals surface area (Å²) < 4.78 is 11.2. The van der Waals surface area contributed by atoms with Crippen molar-refractivity contribution in [1.82, 2.24) is 9.97 Å². The van der Waals surface area contributed by atoms with Crippen LogP contribution in [0.4, 0.5) is 5.82 Å². The Morgan fingerprint density at radius 2 is 2.00 bits per heavy atom. The number of unbranched alkanes of at least 4 members (excludes halogenated alkanes) is 1. The normalized spacial score (nSPS) is 14.4. The molecule has 7 heteroatoms. The molecule has 1 N–H and O–H groups in total. The molecule has 1 saturated heterocycles. The number of furan rings is 1. The first-order chi connectivity index (χ1) is 13.2. The molecule has 0 radical (unpaired) electrons. The second-order valence-electron chi connectivity index (χ2n) is 6.84. The van der Waals surface area contributed by atoms with E-state index < -0.39 is 5.97 Å². The summed E-state index contributed by atoms with van der Waals surface area (Å²) in [7, 11) is 0. The third-order valence-corrected chi connectivity index (χ3v) is 4.82. The number of carboxylic acids is 1. The number of rotatable bonds is 8. The van der Waals surface area contributed by atoms with Gasteiger partial charge in [-0.25, -0.2) is 14.8 Å². The first kappa shape index (κ1) is 17.7. The maximum absolute atomic E-state index is 10.5. The van der Waals surface area contributed by atoms with Gasteiger partial charge in [-0.2, -0.15) is 0 Å². The lowest BCUT2D eigenvalue weighted by molar-refractivity contribution is -0.142. The molecule has 1 aliphatic heterocycles. The summed E-state index contributed by atoms with van der Waals surface area (Å²) in [5.41, 5.74) is 2.48. The fourth-order valence-corrected chi connectivity index (χ4v) is 3.52. The summed E-state index contributed by atoms with van der Waals surface area (Å²) >= 11 is 0. The molecule has 0 spiro atoms. The Labute approximate surface area is 157 Å². The molecule has 3 heterocycles. The van der Waals surface area contributed by atoms with Crippen molar-refractivity contribution >= 4 is 33.9 Å². The zero-order valence-corrected chi connectivity index (χ0v) is 15.2. The third kappa shape index (κ3) is 3.88. The van der Waals surface area contributed by atoms with E-state index in [-0.39, 0.29) is 6.61 Å². The second kappa shape index (κ2) is 7.92. The van der Waals surface area contributed by atoms with Crippen LogP contribution in [0.15, 0.2) is 28.7 Å². The maximum Gasteiger partial charge on any atom is 0.329 e. The van der Waals surface area contributed by atoms with Crippen LogP contribution in [0.25, 0.3) is 22.1 Å². The minimum atomic E-state index is -0.939. The molecule has 3 aromatic rings. The van der Waals surface area contributed by atoms with Crippen molar-refractivity contribution in [1.29, 1.82) is 0 Å². The zero-order valence-electron chi connectivity index (χ0n) is 15.2. The molecule has 27 heavy (non-hydrogen) atoms. The Kier molecular flexibility index (Phi) is 5.20. The summed E-state index contributed by atoms with van der Waals surface area (Å²) in [6.45, 7) is 2.17. The molecule has 1 aromatic carbocycles. The van der Waals surface area contributed by atoms with Gasteiger partial charge in [-0.15, -0.1) is 0 Å². The predicted octanol–water partition coefficient (Wildman–Crippen LogP) is 3.40. The molecule has 0 saturated carbocycles. The van der Waals surface area contributed by atoms with E-state index >= 15 is 0 Å². The van der Waals surface area contributed by atoms with Gasteiger partial charge in [0.15, 0.2) is 11.4 Å². The van der Waals surface area contributed by atoms with Crippen LogP contribution in [0.2, 0.25) is 0 Å². The highest BCUT2D eigenvalue weighted by atomic mass is 16.5. The Morgan fingerprint density at radius 1 is 1.19 bits per heavy atom. The summed E-state index contributed by atoms with van der Waals surface area (Å²) in [6, 6.07) is 7.95. The minimum Gasteiger partial charge on any atom is -0.480 e. The lowest BCUT2D eigenvalue weighted by atomic mass is 10.2. The van der Waals surface area contributed by atoms with E-state index in [1.165, 1.54) is 12.8 Å². The quantitative estimate of drug-likeness (QED) is 0.609. The van der Waals surface area contributed by atoms with E-state index in [9.17, 15) is 4.79 Å². The predicted molar refractivity (Wildman–Crippen MR) is 102 cm³/mol. The van der Waals surface area contributed by atoms with Crippen LogP contribution in [0.5, 0.6) is 0 Å². The largest absolute Gasteiger partial charge is 0.480 e. The van der Waals surface area contributed by atoms with Crippen LogP contribution in [0.1, 0.15) is 31.5 Å². The molecule has 1 aliphatic rings. The van der Waals surface area contributed by atoms with Gasteiger partial charge in [-0.1, -0.05) is 12.1 Å². The topological polar surface area (TPSA) is 88.7 Å². The number of aryl methyl sites for hydroxylation is 1. The van der Waals surface area contributed by atoms with Crippen LogP contribution < -0.4 is 4.90 Å². The van der Waals surface area contributed by atoms with Crippen molar-refractivity contribution in [2.24, 2.45) is 0 Å². The van der Waals surface area contributed by atoms with Crippen LogP contribution in [0, 0.1) is 0 Å². The van der Waals surface area contributed by atoms with Crippen molar-refractivity contribution in [2.75, 3.05) is 31.2 Å². The summed E-state index contributed by atoms with van der Waals surface area (Å²) in [5, 5.41) is 9.61. The maximum atomic E-state index is 10.5. The summed E-state index contributed by atoms with van der Waals surface area (Å²) in [4.78, 5) is 22.3. The Bertz CT molecular complexity index is 947. The van der Waals surface area contributed by atoms with Gasteiger partial charge in [0.2, 0.25) is 0 Å². The lowest BCUT2D eigenvalue weighted by Crippen LogP contribution is -2.20. The molecule has 0 amide bonds. The monoisotopic (exact) mass is 369 g/mol. The molecule has 0 aliphatic carbocycles. The van der Waals surface area contributed by atoms with E-state index in [1.54, 1.807) is 0 Å². The van der Waals surface area contributed by atoms with Crippen LogP contribution in [-0.2, 0) is 16.0 Å². The van der Waals surface area contributed by atoms with Crippen LogP contribution in [-0.4, -0.2) is 47.3 Å². The highest BCUT2D eigenvalue weighted by Crippen LogP contribution is 2.34. The fraction of sp³-hybridized carbons (Fsp3) is 0.450. The standard InChI is InChI=1S/C20H23N3O4/c24-17(25)13-26-12-6-3-9-16-21-18-14-7-1-2-8-15(14)27-19(18)20(22-16)23-10-4-5-11-23/h1-2,7-8H,3-6,9-13H2,(H,24,25).